The van der Waals surface area contributed by atoms with Crippen molar-refractivity contribution in [1.29, 1.82) is 0 Å². The van der Waals surface area contributed by atoms with Gasteiger partial charge in [0.25, 0.3) is 0 Å². The number of fused-ring (bicyclic) bond motifs is 1. The minimum Gasteiger partial charge on any atom is -0.444 e. The van der Waals surface area contributed by atoms with E-state index in [9.17, 15) is 14.9 Å². The Morgan fingerprint density at radius 3 is 2.71 bits per heavy atom. The minimum atomic E-state index is -1.69. The van der Waals surface area contributed by atoms with Crippen LogP contribution in [0.1, 0.15) is 45.0 Å². The number of nitrogens with one attached hydrogen (secondary N) is 1. The molecule has 9 nitrogen and oxygen atoms in total. The van der Waals surface area contributed by atoms with Gasteiger partial charge in [0.15, 0.2) is 0 Å². The molecule has 3 rings (SSSR count). The van der Waals surface area contributed by atoms with Crippen molar-refractivity contribution >= 4 is 23.1 Å². The number of carbonyl (C=O) groups is 1. The highest BCUT2D eigenvalue weighted by Crippen LogP contribution is 2.23. The van der Waals surface area contributed by atoms with Crippen molar-refractivity contribution in [2.24, 2.45) is 0 Å². The highest BCUT2D eigenvalue weighted by molar-refractivity contribution is 5.81. The molecule has 0 aliphatic carbocycles. The highest BCUT2D eigenvalue weighted by Gasteiger charge is 2.44. The molecule has 9 heteroatoms. The van der Waals surface area contributed by atoms with Crippen molar-refractivity contribution < 1.29 is 23.9 Å². The number of amides is 1. The van der Waals surface area contributed by atoms with E-state index in [0.717, 1.165) is 10.9 Å². The smallest absolute Gasteiger partial charge is 0.408 e. The normalized spacial score (nSPS) is 20.5. The third-order valence-corrected chi connectivity index (χ3v) is 4.65. The average molecular weight is 429 g/mol. The molecular weight excluding hydrogens is 402 g/mol. The summed E-state index contributed by atoms with van der Waals surface area (Å²) in [6.45, 7) is 7.58. The van der Waals surface area contributed by atoms with Crippen LogP contribution in [0.3, 0.4) is 0 Å². The Morgan fingerprint density at radius 1 is 1.32 bits per heavy atom. The summed E-state index contributed by atoms with van der Waals surface area (Å²) in [6.07, 6.45) is 2.52. The van der Waals surface area contributed by atoms with Gasteiger partial charge in [-0.25, -0.2) is 4.79 Å². The van der Waals surface area contributed by atoms with Gasteiger partial charge in [-0.1, -0.05) is 18.2 Å². The second kappa shape index (κ2) is 8.99. The van der Waals surface area contributed by atoms with Crippen LogP contribution in [-0.2, 0) is 14.2 Å². The van der Waals surface area contributed by atoms with Gasteiger partial charge in [0, 0.05) is 11.5 Å². The number of alkyl carbamates (subject to hydrolysis) is 1. The molecule has 0 saturated carbocycles. The number of ether oxygens (including phenoxy) is 3. The van der Waals surface area contributed by atoms with Crippen LogP contribution in [0.4, 0.5) is 4.79 Å². The fourth-order valence-corrected chi connectivity index (χ4v) is 3.08. The average Bonchev–Trinajstić information content (AvgIpc) is 2.70. The molecule has 1 aliphatic heterocycles. The van der Waals surface area contributed by atoms with Gasteiger partial charge in [0.1, 0.15) is 12.2 Å². The zero-order valence-electron chi connectivity index (χ0n) is 18.1. The van der Waals surface area contributed by atoms with Gasteiger partial charge in [0.05, 0.1) is 35.4 Å². The molecule has 1 N–H and O–H groups in total. The molecule has 1 aromatic carbocycles. The third-order valence-electron chi connectivity index (χ3n) is 4.65. The number of pyridine rings is 1. The Hall–Kier alpha value is -3.04. The number of nitrogens with zero attached hydrogens (tertiary/aromatic N) is 2. The van der Waals surface area contributed by atoms with Crippen LogP contribution in [0.15, 0.2) is 36.4 Å². The lowest BCUT2D eigenvalue weighted by atomic mass is 10.1. The standard InChI is InChI=1S/C22H27N3O6/c1-15(23-20(26)31-21(2,3)4)18-8-7-17-6-5-16(13-19(17)24-18)9-10-22(25(27)28)14-29-11-12-30-22/h5-10,13,15H,11-12,14H2,1-4H3,(H,23,26). The lowest BCUT2D eigenvalue weighted by molar-refractivity contribution is -0.623. The number of hydrogen-bond acceptors (Lipinski definition) is 7. The Kier molecular flexibility index (Phi) is 6.56. The number of rotatable bonds is 5. The summed E-state index contributed by atoms with van der Waals surface area (Å²) in [4.78, 5) is 27.7. The van der Waals surface area contributed by atoms with E-state index in [1.165, 1.54) is 6.08 Å². The molecule has 2 heterocycles. The van der Waals surface area contributed by atoms with Gasteiger partial charge in [-0.15, -0.1) is 0 Å². The summed E-state index contributed by atoms with van der Waals surface area (Å²) in [6, 6.07) is 8.95. The summed E-state index contributed by atoms with van der Waals surface area (Å²) >= 11 is 0. The molecule has 2 atom stereocenters. The summed E-state index contributed by atoms with van der Waals surface area (Å²) in [5, 5.41) is 15.2. The monoisotopic (exact) mass is 429 g/mol. The number of hydrogen-bond donors (Lipinski definition) is 1. The topological polar surface area (TPSA) is 113 Å². The van der Waals surface area contributed by atoms with E-state index < -0.39 is 22.3 Å². The van der Waals surface area contributed by atoms with Crippen molar-refractivity contribution in [3.05, 3.63) is 57.8 Å². The third kappa shape index (κ3) is 5.77. The Morgan fingerprint density at radius 2 is 2.06 bits per heavy atom. The van der Waals surface area contributed by atoms with Gasteiger partial charge in [-0.2, -0.15) is 0 Å². The van der Waals surface area contributed by atoms with Crippen LogP contribution < -0.4 is 5.32 Å². The minimum absolute atomic E-state index is 0.139. The SMILES string of the molecule is CC(NC(=O)OC(C)(C)C)c1ccc2ccc(C=CC3([N+](=O)[O-])COCCO3)cc2n1. The van der Waals surface area contributed by atoms with E-state index in [1.54, 1.807) is 26.8 Å². The van der Waals surface area contributed by atoms with Crippen LogP contribution in [0.25, 0.3) is 17.0 Å². The number of carbonyl (C=O) groups excluding carboxylic acids is 1. The van der Waals surface area contributed by atoms with E-state index in [1.807, 2.05) is 37.3 Å². The molecular formula is C22H27N3O6. The summed E-state index contributed by atoms with van der Waals surface area (Å²) in [5.41, 5.74) is -0.163. The fraction of sp³-hybridized carbons (Fsp3) is 0.455. The van der Waals surface area contributed by atoms with Gasteiger partial charge in [-0.05, 0) is 51.5 Å². The second-order valence-corrected chi connectivity index (χ2v) is 8.39. The van der Waals surface area contributed by atoms with Gasteiger partial charge < -0.3 is 19.5 Å². The summed E-state index contributed by atoms with van der Waals surface area (Å²) in [5.74, 6) is 0. The summed E-state index contributed by atoms with van der Waals surface area (Å²) in [7, 11) is 0. The van der Waals surface area contributed by atoms with Crippen molar-refractivity contribution in [1.82, 2.24) is 10.3 Å². The first-order chi connectivity index (χ1) is 14.6. The molecule has 31 heavy (non-hydrogen) atoms. The molecule has 1 saturated heterocycles. The lowest BCUT2D eigenvalue weighted by Gasteiger charge is -2.26. The van der Waals surface area contributed by atoms with Crippen molar-refractivity contribution in [3.63, 3.8) is 0 Å². The van der Waals surface area contributed by atoms with E-state index in [2.05, 4.69) is 10.3 Å². The van der Waals surface area contributed by atoms with Gasteiger partial charge in [0.2, 0.25) is 0 Å². The van der Waals surface area contributed by atoms with Crippen LogP contribution in [-0.4, -0.2) is 47.1 Å². The van der Waals surface area contributed by atoms with E-state index >= 15 is 0 Å². The predicted octanol–water partition coefficient (Wildman–Crippen LogP) is 3.85. The molecule has 1 amide bonds. The van der Waals surface area contributed by atoms with E-state index in [-0.39, 0.29) is 19.3 Å². The molecule has 0 bridgehead atoms. The molecule has 2 aromatic rings. The van der Waals surface area contributed by atoms with Crippen LogP contribution >= 0.6 is 0 Å². The van der Waals surface area contributed by atoms with Crippen LogP contribution in [0.5, 0.6) is 0 Å². The predicted molar refractivity (Wildman–Crippen MR) is 115 cm³/mol. The highest BCUT2D eigenvalue weighted by atomic mass is 16.7. The first-order valence-electron chi connectivity index (χ1n) is 10.0. The maximum atomic E-state index is 12.0. The van der Waals surface area contributed by atoms with Crippen molar-refractivity contribution in [3.8, 4) is 0 Å². The molecule has 0 radical (unpaired) electrons. The quantitative estimate of drug-likeness (QED) is 0.567. The van der Waals surface area contributed by atoms with Crippen LogP contribution in [0, 0.1) is 10.1 Å². The van der Waals surface area contributed by atoms with E-state index in [0.29, 0.717) is 17.8 Å². The lowest BCUT2D eigenvalue weighted by Crippen LogP contribution is -2.48. The molecule has 166 valence electrons. The molecule has 1 fully saturated rings. The maximum Gasteiger partial charge on any atom is 0.408 e. The molecule has 1 aromatic heterocycles. The van der Waals surface area contributed by atoms with Gasteiger partial charge >= 0.3 is 11.8 Å². The van der Waals surface area contributed by atoms with Crippen molar-refractivity contribution in [2.45, 2.75) is 45.1 Å². The fourth-order valence-electron chi connectivity index (χ4n) is 3.08. The zero-order valence-corrected chi connectivity index (χ0v) is 18.1. The number of nitro groups is 1. The molecule has 2 unspecified atom stereocenters. The largest absolute Gasteiger partial charge is 0.444 e. The Balaban J connectivity index is 1.80. The Labute approximate surface area is 180 Å². The van der Waals surface area contributed by atoms with Gasteiger partial charge in [-0.3, -0.25) is 15.1 Å². The molecule has 1 aliphatic rings. The maximum absolute atomic E-state index is 12.0. The molecule has 0 spiro atoms. The van der Waals surface area contributed by atoms with E-state index in [4.69, 9.17) is 14.2 Å². The first kappa shape index (κ1) is 22.6. The number of benzene rings is 1. The summed E-state index contributed by atoms with van der Waals surface area (Å²) < 4.78 is 15.9. The second-order valence-electron chi connectivity index (χ2n) is 8.39. The zero-order chi connectivity index (χ0) is 22.6. The first-order valence-corrected chi connectivity index (χ1v) is 10.0. The van der Waals surface area contributed by atoms with Crippen molar-refractivity contribution in [2.75, 3.05) is 19.8 Å². The number of aromatic nitrogens is 1. The van der Waals surface area contributed by atoms with Crippen LogP contribution in [0.2, 0.25) is 0 Å². The Bertz CT molecular complexity index is 992.